The second kappa shape index (κ2) is 7.00. The lowest BCUT2D eigenvalue weighted by atomic mass is 10.1. The van der Waals surface area contributed by atoms with Gasteiger partial charge >= 0.3 is 0 Å². The molecule has 0 saturated carbocycles. The predicted octanol–water partition coefficient (Wildman–Crippen LogP) is 3.19. The lowest BCUT2D eigenvalue weighted by molar-refractivity contribution is -0.121. The predicted molar refractivity (Wildman–Crippen MR) is 95.3 cm³/mol. The van der Waals surface area contributed by atoms with Crippen molar-refractivity contribution in [3.63, 3.8) is 0 Å². The summed E-state index contributed by atoms with van der Waals surface area (Å²) in [6, 6.07) is 17.5. The molecule has 122 valence electrons. The van der Waals surface area contributed by atoms with Crippen LogP contribution in [0.2, 0.25) is 0 Å². The first-order valence-electron chi connectivity index (χ1n) is 7.69. The van der Waals surface area contributed by atoms with Crippen LogP contribution in [-0.4, -0.2) is 23.3 Å². The molecule has 3 rings (SSSR count). The van der Waals surface area contributed by atoms with Crippen LogP contribution < -0.4 is 10.2 Å². The highest BCUT2D eigenvalue weighted by molar-refractivity contribution is 6.01. The molecule has 0 bridgehead atoms. The Morgan fingerprint density at radius 2 is 1.88 bits per heavy atom. The molecule has 0 atom stereocenters. The van der Waals surface area contributed by atoms with Crippen molar-refractivity contribution in [1.29, 1.82) is 0 Å². The Morgan fingerprint density at radius 3 is 2.71 bits per heavy atom. The topological polar surface area (TPSA) is 55.6 Å². The van der Waals surface area contributed by atoms with E-state index in [9.17, 15) is 4.79 Å². The molecule has 0 saturated heterocycles. The second-order valence-corrected chi connectivity index (χ2v) is 5.43. The van der Waals surface area contributed by atoms with Crippen molar-refractivity contribution in [3.8, 4) is 5.75 Å². The van der Waals surface area contributed by atoms with Crippen molar-refractivity contribution in [2.24, 2.45) is 5.10 Å². The van der Waals surface area contributed by atoms with Gasteiger partial charge in [-0.2, -0.15) is 5.10 Å². The minimum atomic E-state index is -0.175. The number of nitrogens with one attached hydrogen (secondary N) is 1. The van der Waals surface area contributed by atoms with Gasteiger partial charge in [0.1, 0.15) is 12.3 Å². The molecule has 5 heteroatoms. The zero-order chi connectivity index (χ0) is 16.9. The quantitative estimate of drug-likeness (QED) is 0.579. The Bertz CT molecular complexity index is 896. The van der Waals surface area contributed by atoms with Gasteiger partial charge in [0.15, 0.2) is 0 Å². The number of carbonyl (C=O) groups excluding carboxylic acids is 1. The van der Waals surface area contributed by atoms with E-state index in [4.69, 9.17) is 4.74 Å². The number of benzene rings is 2. The van der Waals surface area contributed by atoms with Crippen molar-refractivity contribution in [2.75, 3.05) is 7.11 Å². The summed E-state index contributed by atoms with van der Waals surface area (Å²) in [5, 5.41) is 5.30. The second-order valence-electron chi connectivity index (χ2n) is 5.43. The van der Waals surface area contributed by atoms with Gasteiger partial charge in [0.25, 0.3) is 5.91 Å². The number of hydrogen-bond acceptors (Lipinski definition) is 3. The fourth-order valence-corrected chi connectivity index (χ4v) is 2.62. The lowest BCUT2D eigenvalue weighted by Gasteiger charge is -2.08. The molecule has 3 aromatic rings. The molecule has 0 spiro atoms. The highest BCUT2D eigenvalue weighted by Crippen LogP contribution is 2.18. The molecule has 1 aromatic heterocycles. The Balaban J connectivity index is 1.71. The lowest BCUT2D eigenvalue weighted by Crippen LogP contribution is -2.24. The number of rotatable bonds is 5. The van der Waals surface area contributed by atoms with Crippen LogP contribution in [0.15, 0.2) is 65.9 Å². The van der Waals surface area contributed by atoms with E-state index in [1.807, 2.05) is 72.3 Å². The van der Waals surface area contributed by atoms with Crippen molar-refractivity contribution >= 4 is 22.5 Å². The van der Waals surface area contributed by atoms with E-state index in [-0.39, 0.29) is 12.5 Å². The maximum atomic E-state index is 12.2. The monoisotopic (exact) mass is 321 g/mol. The summed E-state index contributed by atoms with van der Waals surface area (Å²) in [6.45, 7) is 2.05. The zero-order valence-electron chi connectivity index (χ0n) is 13.7. The van der Waals surface area contributed by atoms with E-state index in [0.29, 0.717) is 5.71 Å². The summed E-state index contributed by atoms with van der Waals surface area (Å²) in [5.74, 6) is 0.551. The number of ether oxygens (including phenoxy) is 1. The molecular formula is C19H19N3O2. The highest BCUT2D eigenvalue weighted by atomic mass is 16.5. The number of hydrogen-bond donors (Lipinski definition) is 1. The minimum absolute atomic E-state index is 0.175. The van der Waals surface area contributed by atoms with E-state index >= 15 is 0 Å². The maximum Gasteiger partial charge on any atom is 0.259 e. The largest absolute Gasteiger partial charge is 0.496 e. The number of nitrogens with zero attached hydrogens (tertiary/aromatic N) is 2. The van der Waals surface area contributed by atoms with Crippen LogP contribution in [0.1, 0.15) is 12.5 Å². The fraction of sp³-hybridized carbons (Fsp3) is 0.158. The molecule has 1 heterocycles. The molecule has 0 unspecified atom stereocenters. The number of para-hydroxylation sites is 2. The van der Waals surface area contributed by atoms with Gasteiger partial charge in [-0.1, -0.05) is 30.3 Å². The summed E-state index contributed by atoms with van der Waals surface area (Å²) in [7, 11) is 1.61. The van der Waals surface area contributed by atoms with Crippen molar-refractivity contribution in [2.45, 2.75) is 13.5 Å². The third-order valence-electron chi connectivity index (χ3n) is 3.84. The summed E-state index contributed by atoms with van der Waals surface area (Å²) in [4.78, 5) is 12.2. The number of fused-ring (bicyclic) bond motifs is 1. The van der Waals surface area contributed by atoms with E-state index in [1.165, 1.54) is 0 Å². The third-order valence-corrected chi connectivity index (χ3v) is 3.84. The first-order chi connectivity index (χ1) is 11.7. The van der Waals surface area contributed by atoms with E-state index in [2.05, 4.69) is 10.5 Å². The van der Waals surface area contributed by atoms with Gasteiger partial charge in [-0.3, -0.25) is 4.79 Å². The van der Waals surface area contributed by atoms with Crippen LogP contribution in [0.25, 0.3) is 10.9 Å². The molecule has 0 radical (unpaired) electrons. The molecule has 1 N–H and O–H groups in total. The van der Waals surface area contributed by atoms with Crippen molar-refractivity contribution in [3.05, 3.63) is 66.4 Å². The average molecular weight is 321 g/mol. The number of hydrazone groups is 1. The fourth-order valence-electron chi connectivity index (χ4n) is 2.62. The SMILES string of the molecule is COc1ccccc1C(C)=NNC(=O)Cn1ccc2ccccc21. The van der Waals surface area contributed by atoms with E-state index < -0.39 is 0 Å². The number of carbonyl (C=O) groups is 1. The van der Waals surface area contributed by atoms with Crippen LogP contribution >= 0.6 is 0 Å². The summed E-state index contributed by atoms with van der Waals surface area (Å²) < 4.78 is 7.21. The van der Waals surface area contributed by atoms with Crippen LogP contribution in [0, 0.1) is 0 Å². The summed E-state index contributed by atoms with van der Waals surface area (Å²) >= 11 is 0. The molecular weight excluding hydrogens is 302 g/mol. The smallest absolute Gasteiger partial charge is 0.259 e. The Hall–Kier alpha value is -3.08. The van der Waals surface area contributed by atoms with E-state index in [0.717, 1.165) is 22.2 Å². The third kappa shape index (κ3) is 3.30. The Kier molecular flexibility index (Phi) is 4.61. The molecule has 5 nitrogen and oxygen atoms in total. The maximum absolute atomic E-state index is 12.2. The van der Waals surface area contributed by atoms with E-state index in [1.54, 1.807) is 7.11 Å². The van der Waals surface area contributed by atoms with Gasteiger partial charge in [-0.15, -0.1) is 0 Å². The first-order valence-corrected chi connectivity index (χ1v) is 7.69. The molecule has 24 heavy (non-hydrogen) atoms. The van der Waals surface area contributed by atoms with Crippen LogP contribution in [0.4, 0.5) is 0 Å². The van der Waals surface area contributed by atoms with Gasteiger partial charge in [-0.05, 0) is 36.6 Å². The van der Waals surface area contributed by atoms with Gasteiger partial charge in [-0.25, -0.2) is 5.43 Å². The number of aromatic nitrogens is 1. The molecule has 2 aromatic carbocycles. The molecule has 0 fully saturated rings. The number of methoxy groups -OCH3 is 1. The standard InChI is InChI=1S/C19H19N3O2/c1-14(16-8-4-6-10-18(16)24-2)20-21-19(23)13-22-12-11-15-7-3-5-9-17(15)22/h3-12H,13H2,1-2H3,(H,21,23). The molecule has 0 aliphatic heterocycles. The van der Waals surface area contributed by atoms with Gasteiger partial charge in [0, 0.05) is 17.3 Å². The molecule has 0 aliphatic rings. The normalized spacial score (nSPS) is 11.5. The van der Waals surface area contributed by atoms with Crippen LogP contribution in [-0.2, 0) is 11.3 Å². The minimum Gasteiger partial charge on any atom is -0.496 e. The highest BCUT2D eigenvalue weighted by Gasteiger charge is 2.08. The Labute approximate surface area is 140 Å². The molecule has 1 amide bonds. The van der Waals surface area contributed by atoms with Gasteiger partial charge in [0.05, 0.1) is 12.8 Å². The van der Waals surface area contributed by atoms with Gasteiger partial charge in [0.2, 0.25) is 0 Å². The number of amides is 1. The van der Waals surface area contributed by atoms with Gasteiger partial charge < -0.3 is 9.30 Å². The average Bonchev–Trinajstić information content (AvgIpc) is 3.02. The van der Waals surface area contributed by atoms with Crippen LogP contribution in [0.5, 0.6) is 5.75 Å². The van der Waals surface area contributed by atoms with Crippen molar-refractivity contribution in [1.82, 2.24) is 9.99 Å². The summed E-state index contributed by atoms with van der Waals surface area (Å²) in [6.07, 6.45) is 1.90. The Morgan fingerprint density at radius 1 is 1.12 bits per heavy atom. The zero-order valence-corrected chi connectivity index (χ0v) is 13.7. The van der Waals surface area contributed by atoms with Crippen LogP contribution in [0.3, 0.4) is 0 Å². The first kappa shape index (κ1) is 15.8. The summed E-state index contributed by atoms with van der Waals surface area (Å²) in [5.41, 5.74) is 5.18. The molecule has 0 aliphatic carbocycles. The van der Waals surface area contributed by atoms with Crippen molar-refractivity contribution < 1.29 is 9.53 Å².